The van der Waals surface area contributed by atoms with E-state index >= 15 is 0 Å². The molecule has 0 aliphatic heterocycles. The molecule has 0 bridgehead atoms. The van der Waals surface area contributed by atoms with Gasteiger partial charge in [-0.3, -0.25) is 10.1 Å². The van der Waals surface area contributed by atoms with Gasteiger partial charge in [0.25, 0.3) is 0 Å². The first-order valence-electron chi connectivity index (χ1n) is 4.82. The molecule has 1 aromatic rings. The number of nitro groups is 1. The van der Waals surface area contributed by atoms with Crippen LogP contribution in [0.5, 0.6) is 0 Å². The monoisotopic (exact) mass is 357 g/mol. The Labute approximate surface area is 134 Å². The second-order valence-corrected chi connectivity index (χ2v) is 6.38. The zero-order valence-corrected chi connectivity index (χ0v) is 13.3. The molecular formula is C11H7Cl4NO2S. The SMILES string of the molecule is Cc1ccc(SC(Cl)=C(C(Cl)=C(Cl)Cl)[N+](=O)[O-])cc1. The van der Waals surface area contributed by atoms with Gasteiger partial charge < -0.3 is 0 Å². The molecule has 0 saturated heterocycles. The van der Waals surface area contributed by atoms with Crippen molar-refractivity contribution in [1.29, 1.82) is 0 Å². The number of hydrogen-bond donors (Lipinski definition) is 0. The lowest BCUT2D eigenvalue weighted by atomic mass is 10.2. The summed E-state index contributed by atoms with van der Waals surface area (Å²) in [6.45, 7) is 1.93. The van der Waals surface area contributed by atoms with Gasteiger partial charge in [0.2, 0.25) is 0 Å². The molecule has 8 heteroatoms. The summed E-state index contributed by atoms with van der Waals surface area (Å²) in [6, 6.07) is 7.31. The summed E-state index contributed by atoms with van der Waals surface area (Å²) in [5.74, 6) is 0. The highest BCUT2D eigenvalue weighted by molar-refractivity contribution is 8.04. The van der Waals surface area contributed by atoms with Crippen LogP contribution >= 0.6 is 58.2 Å². The van der Waals surface area contributed by atoms with Crippen LogP contribution < -0.4 is 0 Å². The second kappa shape index (κ2) is 7.41. The van der Waals surface area contributed by atoms with Crippen LogP contribution in [0.4, 0.5) is 0 Å². The maximum atomic E-state index is 10.9. The summed E-state index contributed by atoms with van der Waals surface area (Å²) in [5.41, 5.74) is 0.551. The van der Waals surface area contributed by atoms with E-state index in [0.717, 1.165) is 22.2 Å². The standard InChI is InChI=1S/C11H7Cl4NO2S/c1-6-2-4-7(5-3-6)19-11(15)9(16(17)18)8(12)10(13)14/h2-5H,1H3. The molecule has 0 spiro atoms. The minimum absolute atomic E-state index is 0.113. The van der Waals surface area contributed by atoms with E-state index in [0.29, 0.717) is 0 Å². The summed E-state index contributed by atoms with van der Waals surface area (Å²) in [5, 5.41) is 10.6. The van der Waals surface area contributed by atoms with E-state index in [9.17, 15) is 10.1 Å². The van der Waals surface area contributed by atoms with E-state index in [-0.39, 0.29) is 4.36 Å². The van der Waals surface area contributed by atoms with Crippen molar-refractivity contribution < 1.29 is 4.92 Å². The minimum atomic E-state index is -0.726. The van der Waals surface area contributed by atoms with Crippen LogP contribution in [0.25, 0.3) is 0 Å². The average Bonchev–Trinajstić information content (AvgIpc) is 2.31. The smallest absolute Gasteiger partial charge is 0.258 e. The Hall–Kier alpha value is -0.390. The summed E-state index contributed by atoms with van der Waals surface area (Å²) in [6.07, 6.45) is 0. The third kappa shape index (κ3) is 4.89. The number of benzene rings is 1. The van der Waals surface area contributed by atoms with E-state index in [2.05, 4.69) is 0 Å². The fourth-order valence-electron chi connectivity index (χ4n) is 1.09. The molecular weight excluding hydrogens is 352 g/mol. The van der Waals surface area contributed by atoms with Gasteiger partial charge in [-0.2, -0.15) is 0 Å². The number of hydrogen-bond acceptors (Lipinski definition) is 3. The first-order chi connectivity index (χ1) is 8.82. The zero-order chi connectivity index (χ0) is 14.6. The van der Waals surface area contributed by atoms with Crippen molar-refractivity contribution in [2.45, 2.75) is 11.8 Å². The Morgan fingerprint density at radius 2 is 1.68 bits per heavy atom. The second-order valence-electron chi connectivity index (χ2n) is 3.37. The van der Waals surface area contributed by atoms with Gasteiger partial charge in [0, 0.05) is 4.90 Å². The van der Waals surface area contributed by atoms with E-state index in [1.165, 1.54) is 0 Å². The van der Waals surface area contributed by atoms with Crippen LogP contribution in [0.2, 0.25) is 0 Å². The molecule has 0 N–H and O–H groups in total. The lowest BCUT2D eigenvalue weighted by Crippen LogP contribution is -2.00. The van der Waals surface area contributed by atoms with Gasteiger partial charge in [-0.05, 0) is 19.1 Å². The maximum Gasteiger partial charge on any atom is 0.315 e. The van der Waals surface area contributed by atoms with Crippen molar-refractivity contribution in [3.63, 3.8) is 0 Å². The van der Waals surface area contributed by atoms with E-state index < -0.39 is 20.1 Å². The normalized spacial score (nSPS) is 11.8. The molecule has 0 saturated carbocycles. The zero-order valence-electron chi connectivity index (χ0n) is 9.49. The Morgan fingerprint density at radius 3 is 2.11 bits per heavy atom. The third-order valence-corrected chi connectivity index (χ3v) is 4.20. The van der Waals surface area contributed by atoms with Crippen molar-refractivity contribution >= 4 is 58.2 Å². The molecule has 0 radical (unpaired) electrons. The third-order valence-electron chi connectivity index (χ3n) is 1.97. The van der Waals surface area contributed by atoms with E-state index in [4.69, 9.17) is 46.4 Å². The largest absolute Gasteiger partial charge is 0.315 e. The Balaban J connectivity index is 3.14. The number of nitrogens with zero attached hydrogens (tertiary/aromatic N) is 1. The number of allylic oxidation sites excluding steroid dienone is 1. The molecule has 0 unspecified atom stereocenters. The van der Waals surface area contributed by atoms with Crippen LogP contribution in [0, 0.1) is 17.0 Å². The van der Waals surface area contributed by atoms with Crippen molar-refractivity contribution in [2.75, 3.05) is 0 Å². The first-order valence-corrected chi connectivity index (χ1v) is 7.15. The molecule has 19 heavy (non-hydrogen) atoms. The van der Waals surface area contributed by atoms with E-state index in [1.54, 1.807) is 12.1 Å². The fourth-order valence-corrected chi connectivity index (χ4v) is 2.72. The molecule has 0 atom stereocenters. The van der Waals surface area contributed by atoms with Gasteiger partial charge >= 0.3 is 5.70 Å². The number of rotatable bonds is 4. The van der Waals surface area contributed by atoms with Crippen molar-refractivity contribution in [2.24, 2.45) is 0 Å². The van der Waals surface area contributed by atoms with Gasteiger partial charge in [0.05, 0.1) is 4.92 Å². The van der Waals surface area contributed by atoms with Crippen molar-refractivity contribution in [3.05, 3.63) is 59.5 Å². The predicted octanol–water partition coefficient (Wildman–Crippen LogP) is 5.66. The minimum Gasteiger partial charge on any atom is -0.258 e. The van der Waals surface area contributed by atoms with E-state index in [1.807, 2.05) is 19.1 Å². The Kier molecular flexibility index (Phi) is 6.50. The van der Waals surface area contributed by atoms with Gasteiger partial charge in [0.1, 0.15) is 4.49 Å². The van der Waals surface area contributed by atoms with Crippen molar-refractivity contribution in [3.8, 4) is 0 Å². The first kappa shape index (κ1) is 16.7. The lowest BCUT2D eigenvalue weighted by Gasteiger charge is -2.03. The molecule has 3 nitrogen and oxygen atoms in total. The van der Waals surface area contributed by atoms with Gasteiger partial charge in [-0.25, -0.2) is 0 Å². The van der Waals surface area contributed by atoms with Crippen LogP contribution in [-0.2, 0) is 0 Å². The molecule has 0 aromatic heterocycles. The lowest BCUT2D eigenvalue weighted by molar-refractivity contribution is -0.419. The molecule has 0 heterocycles. The summed E-state index contributed by atoms with van der Waals surface area (Å²) >= 11 is 23.5. The number of thioether (sulfide) groups is 1. The van der Waals surface area contributed by atoms with Crippen LogP contribution in [0.3, 0.4) is 0 Å². The number of aryl methyl sites for hydroxylation is 1. The van der Waals surface area contributed by atoms with Gasteiger partial charge in [-0.1, -0.05) is 75.9 Å². The summed E-state index contributed by atoms with van der Waals surface area (Å²) in [7, 11) is 0. The highest BCUT2D eigenvalue weighted by atomic mass is 35.5. The van der Waals surface area contributed by atoms with Crippen LogP contribution in [-0.4, -0.2) is 4.92 Å². The molecule has 102 valence electrons. The Morgan fingerprint density at radius 1 is 1.16 bits per heavy atom. The molecule has 1 rings (SSSR count). The highest BCUT2D eigenvalue weighted by Gasteiger charge is 2.24. The molecule has 0 aliphatic carbocycles. The molecule has 0 fully saturated rings. The topological polar surface area (TPSA) is 43.1 Å². The number of halogens is 4. The van der Waals surface area contributed by atoms with Gasteiger partial charge in [-0.15, -0.1) is 0 Å². The Bertz CT molecular complexity index is 550. The van der Waals surface area contributed by atoms with Crippen LogP contribution in [0.1, 0.15) is 5.56 Å². The summed E-state index contributed by atoms with van der Waals surface area (Å²) in [4.78, 5) is 11.0. The quantitative estimate of drug-likeness (QED) is 0.302. The highest BCUT2D eigenvalue weighted by Crippen LogP contribution is 2.37. The molecule has 1 aromatic carbocycles. The predicted molar refractivity (Wildman–Crippen MR) is 81.5 cm³/mol. The molecule has 0 aliphatic rings. The van der Waals surface area contributed by atoms with Crippen LogP contribution in [0.15, 0.2) is 48.7 Å². The maximum absolute atomic E-state index is 10.9. The fraction of sp³-hybridized carbons (Fsp3) is 0.0909. The summed E-state index contributed by atoms with van der Waals surface area (Å²) < 4.78 is -0.520. The van der Waals surface area contributed by atoms with Gasteiger partial charge in [0.15, 0.2) is 9.40 Å². The average molecular weight is 359 g/mol. The molecule has 0 amide bonds. The van der Waals surface area contributed by atoms with Crippen molar-refractivity contribution in [1.82, 2.24) is 0 Å².